The van der Waals surface area contributed by atoms with Crippen LogP contribution in [0.25, 0.3) is 0 Å². The molecule has 0 spiro atoms. The molecule has 2 aliphatic rings. The third-order valence-corrected chi connectivity index (χ3v) is 5.22. The molecule has 0 N–H and O–H groups in total. The zero-order valence-electron chi connectivity index (χ0n) is 13.8. The number of nitrogens with zero attached hydrogens (tertiary/aromatic N) is 2. The van der Waals surface area contributed by atoms with E-state index in [2.05, 4.69) is 18.7 Å². The van der Waals surface area contributed by atoms with Gasteiger partial charge in [-0.05, 0) is 31.7 Å². The second-order valence-electron chi connectivity index (χ2n) is 7.05. The maximum Gasteiger partial charge on any atom is 0.261 e. The molecule has 124 valence electrons. The fourth-order valence-corrected chi connectivity index (χ4v) is 3.73. The lowest BCUT2D eigenvalue weighted by atomic mass is 9.91. The minimum atomic E-state index is -2.43. The highest BCUT2D eigenvalue weighted by Crippen LogP contribution is 2.29. The topological polar surface area (TPSA) is 6.48 Å². The molecule has 1 atom stereocenters. The predicted octanol–water partition coefficient (Wildman–Crippen LogP) is 4.01. The highest BCUT2D eigenvalue weighted by Gasteiger charge is 2.38. The van der Waals surface area contributed by atoms with Crippen molar-refractivity contribution >= 4 is 0 Å². The lowest BCUT2D eigenvalue weighted by Crippen LogP contribution is -2.52. The average molecular weight is 302 g/mol. The van der Waals surface area contributed by atoms with Crippen molar-refractivity contribution in [3.05, 3.63) is 0 Å². The highest BCUT2D eigenvalue weighted by atomic mass is 19.3. The number of hydrogen-bond donors (Lipinski definition) is 0. The summed E-state index contributed by atoms with van der Waals surface area (Å²) in [6.45, 7) is 8.35. The predicted molar refractivity (Wildman–Crippen MR) is 83.9 cm³/mol. The van der Waals surface area contributed by atoms with Gasteiger partial charge in [0.1, 0.15) is 0 Å². The van der Waals surface area contributed by atoms with E-state index in [9.17, 15) is 8.78 Å². The fourth-order valence-electron chi connectivity index (χ4n) is 3.73. The second-order valence-corrected chi connectivity index (χ2v) is 7.05. The smallest absolute Gasteiger partial charge is 0.261 e. The van der Waals surface area contributed by atoms with E-state index < -0.39 is 5.92 Å². The molecule has 0 amide bonds. The Kier molecular flexibility index (Phi) is 6.42. The molecule has 0 radical (unpaired) electrons. The van der Waals surface area contributed by atoms with E-state index in [0.29, 0.717) is 6.54 Å². The van der Waals surface area contributed by atoms with E-state index in [4.69, 9.17) is 0 Å². The van der Waals surface area contributed by atoms with Gasteiger partial charge in [-0.15, -0.1) is 0 Å². The van der Waals surface area contributed by atoms with Gasteiger partial charge < -0.3 is 0 Å². The Morgan fingerprint density at radius 3 is 2.52 bits per heavy atom. The molecule has 0 bridgehead atoms. The van der Waals surface area contributed by atoms with Crippen molar-refractivity contribution in [1.29, 1.82) is 0 Å². The van der Waals surface area contributed by atoms with E-state index in [1.165, 1.54) is 45.2 Å². The zero-order chi connectivity index (χ0) is 15.3. The monoisotopic (exact) mass is 302 g/mol. The quantitative estimate of drug-likeness (QED) is 0.594. The van der Waals surface area contributed by atoms with Crippen LogP contribution in [0, 0.1) is 5.92 Å². The van der Waals surface area contributed by atoms with Gasteiger partial charge in [0.25, 0.3) is 5.92 Å². The van der Waals surface area contributed by atoms with Crippen LogP contribution < -0.4 is 0 Å². The van der Waals surface area contributed by atoms with Crippen molar-refractivity contribution in [2.24, 2.45) is 5.92 Å². The van der Waals surface area contributed by atoms with E-state index in [-0.39, 0.29) is 13.0 Å². The lowest BCUT2D eigenvalue weighted by molar-refractivity contribution is 0.00784. The third kappa shape index (κ3) is 5.17. The summed E-state index contributed by atoms with van der Waals surface area (Å²) in [4.78, 5) is 4.56. The van der Waals surface area contributed by atoms with Crippen LogP contribution in [0.4, 0.5) is 8.78 Å². The van der Waals surface area contributed by atoms with Gasteiger partial charge in [-0.1, -0.05) is 33.1 Å². The SMILES string of the molecule is CCCCCC(CC)N1CC(CCN2CCC(F)(F)C2)C1. The summed E-state index contributed by atoms with van der Waals surface area (Å²) in [7, 11) is 0. The standard InChI is InChI=1S/C17H32F2N2/c1-3-5-6-7-16(4-2)21-12-15(13-21)8-10-20-11-9-17(18,19)14-20/h15-16H,3-14H2,1-2H3. The van der Waals surface area contributed by atoms with Crippen molar-refractivity contribution in [2.75, 3.05) is 32.7 Å². The molecule has 0 saturated carbocycles. The minimum Gasteiger partial charge on any atom is -0.300 e. The first-order chi connectivity index (χ1) is 10.0. The largest absolute Gasteiger partial charge is 0.300 e. The first kappa shape index (κ1) is 17.1. The van der Waals surface area contributed by atoms with E-state index >= 15 is 0 Å². The molecule has 4 heteroatoms. The molecule has 0 aliphatic carbocycles. The number of rotatable bonds is 9. The molecule has 21 heavy (non-hydrogen) atoms. The van der Waals surface area contributed by atoms with Gasteiger partial charge in [0.05, 0.1) is 6.54 Å². The number of hydrogen-bond acceptors (Lipinski definition) is 2. The summed E-state index contributed by atoms with van der Waals surface area (Å²) in [5.74, 6) is -1.70. The van der Waals surface area contributed by atoms with Crippen LogP contribution in [0.5, 0.6) is 0 Å². The summed E-state index contributed by atoms with van der Waals surface area (Å²) in [6.07, 6.45) is 7.71. The molecule has 1 unspecified atom stereocenters. The molecule has 2 aliphatic heterocycles. The second kappa shape index (κ2) is 7.87. The van der Waals surface area contributed by atoms with Gasteiger partial charge in [0.2, 0.25) is 0 Å². The van der Waals surface area contributed by atoms with Gasteiger partial charge in [-0.3, -0.25) is 9.80 Å². The Balaban J connectivity index is 1.58. The summed E-state index contributed by atoms with van der Waals surface area (Å²) in [6, 6.07) is 0.754. The van der Waals surface area contributed by atoms with Gasteiger partial charge in [-0.25, -0.2) is 8.78 Å². The number of likely N-dealkylation sites (tertiary alicyclic amines) is 2. The van der Waals surface area contributed by atoms with Gasteiger partial charge in [0.15, 0.2) is 0 Å². The van der Waals surface area contributed by atoms with Crippen molar-refractivity contribution in [3.8, 4) is 0 Å². The van der Waals surface area contributed by atoms with Crippen molar-refractivity contribution in [3.63, 3.8) is 0 Å². The van der Waals surface area contributed by atoms with Crippen molar-refractivity contribution in [2.45, 2.75) is 70.8 Å². The first-order valence-corrected chi connectivity index (χ1v) is 8.88. The van der Waals surface area contributed by atoms with Crippen LogP contribution in [-0.2, 0) is 0 Å². The molecule has 2 heterocycles. The lowest BCUT2D eigenvalue weighted by Gasteiger charge is -2.45. The Morgan fingerprint density at radius 1 is 1.19 bits per heavy atom. The molecule has 0 aromatic carbocycles. The fraction of sp³-hybridized carbons (Fsp3) is 1.00. The molecule has 0 aromatic heterocycles. The molecule has 2 fully saturated rings. The van der Waals surface area contributed by atoms with E-state index in [1.54, 1.807) is 0 Å². The average Bonchev–Trinajstić information content (AvgIpc) is 2.74. The van der Waals surface area contributed by atoms with Crippen LogP contribution in [-0.4, -0.2) is 54.5 Å². The Morgan fingerprint density at radius 2 is 1.95 bits per heavy atom. The minimum absolute atomic E-state index is 0.0158. The summed E-state index contributed by atoms with van der Waals surface area (Å²) in [5, 5.41) is 0. The van der Waals surface area contributed by atoms with Crippen LogP contribution in [0.15, 0.2) is 0 Å². The molecule has 2 saturated heterocycles. The highest BCUT2D eigenvalue weighted by molar-refractivity contribution is 4.87. The Hall–Kier alpha value is -0.220. The maximum absolute atomic E-state index is 13.1. The summed E-state index contributed by atoms with van der Waals surface area (Å²) in [5.41, 5.74) is 0. The Labute approximate surface area is 128 Å². The molecular weight excluding hydrogens is 270 g/mol. The van der Waals surface area contributed by atoms with Crippen molar-refractivity contribution < 1.29 is 8.78 Å². The number of alkyl halides is 2. The number of halogens is 2. The molecule has 2 nitrogen and oxygen atoms in total. The molecule has 2 rings (SSSR count). The van der Waals surface area contributed by atoms with Crippen LogP contribution in [0.3, 0.4) is 0 Å². The summed E-state index contributed by atoms with van der Waals surface area (Å²) < 4.78 is 26.3. The van der Waals surface area contributed by atoms with Gasteiger partial charge >= 0.3 is 0 Å². The van der Waals surface area contributed by atoms with Crippen LogP contribution in [0.2, 0.25) is 0 Å². The first-order valence-electron chi connectivity index (χ1n) is 8.88. The molecule has 0 aromatic rings. The van der Waals surface area contributed by atoms with E-state index in [1.807, 2.05) is 4.90 Å². The third-order valence-electron chi connectivity index (χ3n) is 5.22. The summed E-state index contributed by atoms with van der Waals surface area (Å²) >= 11 is 0. The zero-order valence-corrected chi connectivity index (χ0v) is 13.8. The van der Waals surface area contributed by atoms with Crippen LogP contribution >= 0.6 is 0 Å². The van der Waals surface area contributed by atoms with Crippen molar-refractivity contribution in [1.82, 2.24) is 9.80 Å². The maximum atomic E-state index is 13.1. The normalized spacial score (nSPS) is 25.1. The Bertz CT molecular complexity index is 303. The van der Waals surface area contributed by atoms with Gasteiger partial charge in [0, 0.05) is 32.1 Å². The van der Waals surface area contributed by atoms with E-state index in [0.717, 1.165) is 24.9 Å². The van der Waals surface area contributed by atoms with Crippen LogP contribution in [0.1, 0.15) is 58.8 Å². The number of unbranched alkanes of at least 4 members (excludes halogenated alkanes) is 2. The molecular formula is C17H32F2N2. The van der Waals surface area contributed by atoms with Gasteiger partial charge in [-0.2, -0.15) is 0 Å².